The molecule has 256 valence electrons. The Hall–Kier alpha value is -4.71. The van der Waals surface area contributed by atoms with Gasteiger partial charge in [-0.3, -0.25) is 0 Å². The van der Waals surface area contributed by atoms with Crippen molar-refractivity contribution < 1.29 is 9.47 Å². The third kappa shape index (κ3) is 6.85. The SMILES string of the molecule is CCc1c(/C=C2C=C(/C=C/C=C3\Sc4cc(OC)ccc4N3CCOc3cccc4ccccc34)CC(C)(C)C/2)sc2c1ccc1ccccc12. The number of thioether (sulfide) groups is 1. The van der Waals surface area contributed by atoms with Crippen molar-refractivity contribution in [3.8, 4) is 11.5 Å². The van der Waals surface area contributed by atoms with E-state index in [9.17, 15) is 0 Å². The van der Waals surface area contributed by atoms with Gasteiger partial charge in [-0.05, 0) is 99.3 Å². The van der Waals surface area contributed by atoms with Gasteiger partial charge in [-0.1, -0.05) is 124 Å². The monoisotopic (exact) mass is 705 g/mol. The molecule has 0 amide bonds. The molecule has 0 N–H and O–H groups in total. The third-order valence-electron chi connectivity index (χ3n) is 9.93. The molecule has 0 spiro atoms. The van der Waals surface area contributed by atoms with Crippen LogP contribution in [-0.4, -0.2) is 20.3 Å². The second kappa shape index (κ2) is 14.1. The topological polar surface area (TPSA) is 21.7 Å². The molecule has 2 aliphatic rings. The van der Waals surface area contributed by atoms with Crippen molar-refractivity contribution in [2.45, 2.75) is 44.9 Å². The number of aryl methyl sites for hydroxylation is 1. The number of ether oxygens (including phenoxy) is 2. The van der Waals surface area contributed by atoms with Crippen molar-refractivity contribution in [3.63, 3.8) is 0 Å². The highest BCUT2D eigenvalue weighted by molar-refractivity contribution is 8.03. The first-order valence-electron chi connectivity index (χ1n) is 17.9. The van der Waals surface area contributed by atoms with Crippen LogP contribution >= 0.6 is 23.1 Å². The summed E-state index contributed by atoms with van der Waals surface area (Å²) in [6, 6.07) is 34.4. The second-order valence-corrected chi connectivity index (χ2v) is 16.3. The van der Waals surface area contributed by atoms with Gasteiger partial charge in [-0.25, -0.2) is 0 Å². The number of hydrogen-bond acceptors (Lipinski definition) is 5. The van der Waals surface area contributed by atoms with Crippen LogP contribution in [0.2, 0.25) is 0 Å². The molecule has 6 aromatic rings. The molecule has 2 heterocycles. The van der Waals surface area contributed by atoms with Crippen molar-refractivity contribution in [1.82, 2.24) is 0 Å². The van der Waals surface area contributed by atoms with Crippen molar-refractivity contribution in [3.05, 3.63) is 148 Å². The largest absolute Gasteiger partial charge is 0.497 e. The van der Waals surface area contributed by atoms with Gasteiger partial charge in [0.15, 0.2) is 0 Å². The van der Waals surface area contributed by atoms with E-state index in [0.717, 1.165) is 42.7 Å². The molecular weight excluding hydrogens is 663 g/mol. The average molecular weight is 706 g/mol. The number of methoxy groups -OCH3 is 1. The van der Waals surface area contributed by atoms with Crippen molar-refractivity contribution in [2.24, 2.45) is 5.41 Å². The summed E-state index contributed by atoms with van der Waals surface area (Å²) in [5.74, 6) is 1.79. The molecule has 1 aliphatic heterocycles. The van der Waals surface area contributed by atoms with Crippen LogP contribution in [0.4, 0.5) is 5.69 Å². The summed E-state index contributed by atoms with van der Waals surface area (Å²) in [5.41, 5.74) is 5.61. The molecule has 8 rings (SSSR count). The number of nitrogens with zero attached hydrogens (tertiary/aromatic N) is 1. The minimum absolute atomic E-state index is 0.184. The summed E-state index contributed by atoms with van der Waals surface area (Å²) in [5, 5.41) is 7.59. The van der Waals surface area contributed by atoms with Crippen molar-refractivity contribution in [1.29, 1.82) is 0 Å². The number of allylic oxidation sites excluding steroid dienone is 6. The summed E-state index contributed by atoms with van der Waals surface area (Å²) < 4.78 is 13.4. The van der Waals surface area contributed by atoms with E-state index in [0.29, 0.717) is 6.61 Å². The van der Waals surface area contributed by atoms with E-state index >= 15 is 0 Å². The standard InChI is InChI=1S/C46H43NO2S2/c1-5-36-39-22-20-34-14-7-9-17-38(34)45(39)51-42(36)27-32-26-31(29-46(2,3)30-32)12-10-19-44-47(40-23-21-35(48-4)28-43(40)50-44)24-25-49-41-18-11-15-33-13-6-8-16-37(33)41/h6-23,26-28H,5,24-25,29-30H2,1-4H3/b12-10+,32-27-,44-19-. The molecule has 3 nitrogen and oxygen atoms in total. The molecule has 0 saturated carbocycles. The molecule has 0 unspecified atom stereocenters. The van der Waals surface area contributed by atoms with Gasteiger partial charge in [0.2, 0.25) is 0 Å². The Bertz CT molecular complexity index is 2390. The van der Waals surface area contributed by atoms with Gasteiger partial charge in [-0.2, -0.15) is 0 Å². The first kappa shape index (κ1) is 33.4. The fourth-order valence-electron chi connectivity index (χ4n) is 7.64. The zero-order valence-electron chi connectivity index (χ0n) is 29.7. The predicted octanol–water partition coefficient (Wildman–Crippen LogP) is 13.0. The second-order valence-electron chi connectivity index (χ2n) is 14.2. The number of anilines is 1. The van der Waals surface area contributed by atoms with Gasteiger partial charge in [0.1, 0.15) is 18.1 Å². The van der Waals surface area contributed by atoms with Crippen LogP contribution in [0.1, 0.15) is 44.1 Å². The summed E-state index contributed by atoms with van der Waals surface area (Å²) >= 11 is 3.74. The summed E-state index contributed by atoms with van der Waals surface area (Å²) in [7, 11) is 1.73. The number of benzene rings is 5. The molecular formula is C46H43NO2S2. The minimum Gasteiger partial charge on any atom is -0.497 e. The highest BCUT2D eigenvalue weighted by Gasteiger charge is 2.27. The van der Waals surface area contributed by atoms with Crippen LogP contribution in [0.25, 0.3) is 37.7 Å². The Morgan fingerprint density at radius 3 is 2.45 bits per heavy atom. The van der Waals surface area contributed by atoms with E-state index in [2.05, 4.69) is 147 Å². The maximum atomic E-state index is 6.39. The van der Waals surface area contributed by atoms with E-state index in [1.54, 1.807) is 18.9 Å². The van der Waals surface area contributed by atoms with E-state index in [4.69, 9.17) is 9.47 Å². The van der Waals surface area contributed by atoms with E-state index in [-0.39, 0.29) is 5.41 Å². The lowest BCUT2D eigenvalue weighted by atomic mass is 9.75. The van der Waals surface area contributed by atoms with Gasteiger partial charge < -0.3 is 14.4 Å². The van der Waals surface area contributed by atoms with Crippen LogP contribution < -0.4 is 14.4 Å². The lowest BCUT2D eigenvalue weighted by Crippen LogP contribution is -2.24. The summed E-state index contributed by atoms with van der Waals surface area (Å²) in [4.78, 5) is 4.97. The maximum absolute atomic E-state index is 6.39. The lowest BCUT2D eigenvalue weighted by molar-refractivity contribution is 0.331. The van der Waals surface area contributed by atoms with Crippen LogP contribution in [0.5, 0.6) is 11.5 Å². The molecule has 0 bridgehead atoms. The van der Waals surface area contributed by atoms with Crippen LogP contribution in [0.15, 0.2) is 142 Å². The zero-order valence-corrected chi connectivity index (χ0v) is 31.4. The first-order valence-corrected chi connectivity index (χ1v) is 19.5. The van der Waals surface area contributed by atoms with Gasteiger partial charge in [0.05, 0.1) is 24.4 Å². The highest BCUT2D eigenvalue weighted by Crippen LogP contribution is 2.48. The Morgan fingerprint density at radius 2 is 1.63 bits per heavy atom. The van der Waals surface area contributed by atoms with Gasteiger partial charge in [0.25, 0.3) is 0 Å². The number of fused-ring (bicyclic) bond motifs is 5. The predicted molar refractivity (Wildman–Crippen MR) is 221 cm³/mol. The van der Waals surface area contributed by atoms with E-state index < -0.39 is 0 Å². The highest BCUT2D eigenvalue weighted by atomic mass is 32.2. The number of rotatable bonds is 9. The fraction of sp³-hybridized carbons (Fsp3) is 0.217. The Morgan fingerprint density at radius 1 is 0.843 bits per heavy atom. The first-order chi connectivity index (χ1) is 24.9. The van der Waals surface area contributed by atoms with Crippen molar-refractivity contribution >= 4 is 66.5 Å². The zero-order chi connectivity index (χ0) is 35.0. The number of thiophene rings is 1. The number of hydrogen-bond donors (Lipinski definition) is 0. The molecule has 0 fully saturated rings. The van der Waals surface area contributed by atoms with Crippen LogP contribution in [-0.2, 0) is 6.42 Å². The summed E-state index contributed by atoms with van der Waals surface area (Å²) in [6.45, 7) is 8.39. The minimum atomic E-state index is 0.184. The van der Waals surface area contributed by atoms with Gasteiger partial charge in [0, 0.05) is 19.9 Å². The Labute approximate surface area is 309 Å². The van der Waals surface area contributed by atoms with Gasteiger partial charge >= 0.3 is 0 Å². The average Bonchev–Trinajstić information content (AvgIpc) is 3.67. The lowest BCUT2D eigenvalue weighted by Gasteiger charge is -2.30. The molecule has 0 saturated heterocycles. The van der Waals surface area contributed by atoms with E-state index in [1.807, 2.05) is 17.4 Å². The third-order valence-corrected chi connectivity index (χ3v) is 12.3. The molecule has 0 atom stereocenters. The van der Waals surface area contributed by atoms with Crippen LogP contribution in [0, 0.1) is 5.41 Å². The molecule has 5 heteroatoms. The smallest absolute Gasteiger partial charge is 0.127 e. The molecule has 1 aliphatic carbocycles. The Kier molecular flexibility index (Phi) is 9.26. The van der Waals surface area contributed by atoms with Crippen molar-refractivity contribution in [2.75, 3.05) is 25.2 Å². The molecule has 0 radical (unpaired) electrons. The maximum Gasteiger partial charge on any atom is 0.127 e. The molecule has 5 aromatic carbocycles. The molecule has 1 aromatic heterocycles. The van der Waals surface area contributed by atoms with Crippen LogP contribution in [0.3, 0.4) is 0 Å². The van der Waals surface area contributed by atoms with Gasteiger partial charge in [-0.15, -0.1) is 11.3 Å². The quantitative estimate of drug-likeness (QED) is 0.149. The summed E-state index contributed by atoms with van der Waals surface area (Å²) in [6.07, 6.45) is 14.9. The Balaban J connectivity index is 1.06. The normalized spacial score (nSPS) is 17.3. The molecule has 51 heavy (non-hydrogen) atoms. The van der Waals surface area contributed by atoms with E-state index in [1.165, 1.54) is 63.4 Å². The fourth-order valence-corrected chi connectivity index (χ4v) is 10.2.